The number of nitrogens with two attached hydrogens (primary N) is 1. The molecule has 0 atom stereocenters. The summed E-state index contributed by atoms with van der Waals surface area (Å²) in [5, 5.41) is 0.373. The molecule has 0 aliphatic rings. The van der Waals surface area contributed by atoms with Gasteiger partial charge in [0, 0.05) is 5.56 Å². The van der Waals surface area contributed by atoms with Crippen LogP contribution in [0.25, 0.3) is 0 Å². The maximum Gasteiger partial charge on any atom is 0.198 e. The summed E-state index contributed by atoms with van der Waals surface area (Å²) in [7, 11) is 1.53. The summed E-state index contributed by atoms with van der Waals surface area (Å²) in [4.78, 5) is 12.5. The SMILES string of the molecule is COc1ccc(C)cc1C(=O)c1cccc(Cl)c1N. The predicted octanol–water partition coefficient (Wildman–Crippen LogP) is 3.47. The molecule has 3 nitrogen and oxygen atoms in total. The monoisotopic (exact) mass is 275 g/mol. The molecule has 0 bridgehead atoms. The first-order valence-electron chi connectivity index (χ1n) is 5.78. The second-order valence-corrected chi connectivity index (χ2v) is 4.64. The molecular formula is C15H14ClNO2. The van der Waals surface area contributed by atoms with Crippen LogP contribution in [0, 0.1) is 6.92 Å². The summed E-state index contributed by atoms with van der Waals surface area (Å²) in [6, 6.07) is 10.4. The molecule has 0 aliphatic carbocycles. The van der Waals surface area contributed by atoms with Crippen molar-refractivity contribution >= 4 is 23.1 Å². The number of methoxy groups -OCH3 is 1. The Balaban J connectivity index is 2.56. The van der Waals surface area contributed by atoms with E-state index in [2.05, 4.69) is 0 Å². The number of hydrogen-bond donors (Lipinski definition) is 1. The molecule has 0 unspecified atom stereocenters. The van der Waals surface area contributed by atoms with Crippen molar-refractivity contribution in [1.29, 1.82) is 0 Å². The summed E-state index contributed by atoms with van der Waals surface area (Å²) in [6.07, 6.45) is 0. The van der Waals surface area contributed by atoms with Crippen molar-refractivity contribution < 1.29 is 9.53 Å². The Morgan fingerprint density at radius 1 is 1.21 bits per heavy atom. The number of nitrogen functional groups attached to an aromatic ring is 1. The lowest BCUT2D eigenvalue weighted by atomic mass is 9.99. The third kappa shape index (κ3) is 2.56. The Morgan fingerprint density at radius 3 is 2.63 bits per heavy atom. The number of aryl methyl sites for hydroxylation is 1. The van der Waals surface area contributed by atoms with Gasteiger partial charge in [-0.05, 0) is 31.2 Å². The van der Waals surface area contributed by atoms with Crippen LogP contribution in [0.5, 0.6) is 5.75 Å². The van der Waals surface area contributed by atoms with E-state index in [1.807, 2.05) is 13.0 Å². The molecule has 0 saturated heterocycles. The van der Waals surface area contributed by atoms with Crippen LogP contribution in [0.1, 0.15) is 21.5 Å². The highest BCUT2D eigenvalue weighted by molar-refractivity contribution is 6.34. The third-order valence-electron chi connectivity index (χ3n) is 2.90. The van der Waals surface area contributed by atoms with E-state index >= 15 is 0 Å². The van der Waals surface area contributed by atoms with E-state index in [1.165, 1.54) is 7.11 Å². The van der Waals surface area contributed by atoms with Crippen molar-refractivity contribution in [2.45, 2.75) is 6.92 Å². The Hall–Kier alpha value is -2.00. The molecule has 2 rings (SSSR count). The van der Waals surface area contributed by atoms with Crippen molar-refractivity contribution in [1.82, 2.24) is 0 Å². The highest BCUT2D eigenvalue weighted by atomic mass is 35.5. The summed E-state index contributed by atoms with van der Waals surface area (Å²) in [6.45, 7) is 1.91. The number of carbonyl (C=O) groups excluding carboxylic acids is 1. The largest absolute Gasteiger partial charge is 0.496 e. The number of benzene rings is 2. The Bertz CT molecular complexity index is 638. The summed E-state index contributed by atoms with van der Waals surface area (Å²) in [5.74, 6) is 0.329. The molecule has 0 saturated carbocycles. The maximum absolute atomic E-state index is 12.5. The molecular weight excluding hydrogens is 262 g/mol. The van der Waals surface area contributed by atoms with Gasteiger partial charge >= 0.3 is 0 Å². The van der Waals surface area contributed by atoms with Crippen molar-refractivity contribution in [2.75, 3.05) is 12.8 Å². The van der Waals surface area contributed by atoms with Gasteiger partial charge in [0.2, 0.25) is 0 Å². The number of para-hydroxylation sites is 1. The fourth-order valence-electron chi connectivity index (χ4n) is 1.88. The van der Waals surface area contributed by atoms with Gasteiger partial charge in [0.15, 0.2) is 5.78 Å². The van der Waals surface area contributed by atoms with Crippen LogP contribution in [-0.4, -0.2) is 12.9 Å². The first-order chi connectivity index (χ1) is 9.04. The fraction of sp³-hybridized carbons (Fsp3) is 0.133. The average Bonchev–Trinajstić information content (AvgIpc) is 2.41. The number of hydrogen-bond acceptors (Lipinski definition) is 3. The summed E-state index contributed by atoms with van der Waals surface area (Å²) in [5.41, 5.74) is 7.99. The van der Waals surface area contributed by atoms with Crippen LogP contribution in [0.2, 0.25) is 5.02 Å². The Kier molecular flexibility index (Phi) is 3.76. The molecule has 98 valence electrons. The molecule has 0 amide bonds. The lowest BCUT2D eigenvalue weighted by molar-refractivity contribution is 0.103. The van der Waals surface area contributed by atoms with Gasteiger partial charge in [0.05, 0.1) is 23.4 Å². The van der Waals surface area contributed by atoms with Gasteiger partial charge in [-0.1, -0.05) is 29.3 Å². The number of anilines is 1. The molecule has 0 fully saturated rings. The summed E-state index contributed by atoms with van der Waals surface area (Å²) < 4.78 is 5.22. The van der Waals surface area contributed by atoms with Gasteiger partial charge in [-0.15, -0.1) is 0 Å². The lowest BCUT2D eigenvalue weighted by Crippen LogP contribution is -2.07. The normalized spacial score (nSPS) is 10.3. The maximum atomic E-state index is 12.5. The minimum absolute atomic E-state index is 0.194. The first kappa shape index (κ1) is 13.4. The van der Waals surface area contributed by atoms with Gasteiger partial charge in [-0.25, -0.2) is 0 Å². The van der Waals surface area contributed by atoms with Crippen LogP contribution in [0.4, 0.5) is 5.69 Å². The topological polar surface area (TPSA) is 52.3 Å². The Labute approximate surface area is 117 Å². The molecule has 4 heteroatoms. The molecule has 0 aliphatic heterocycles. The molecule has 0 spiro atoms. The van der Waals surface area contributed by atoms with Crippen molar-refractivity contribution in [3.63, 3.8) is 0 Å². The average molecular weight is 276 g/mol. The smallest absolute Gasteiger partial charge is 0.198 e. The van der Waals surface area contributed by atoms with Crippen LogP contribution < -0.4 is 10.5 Å². The minimum Gasteiger partial charge on any atom is -0.496 e. The van der Waals surface area contributed by atoms with Gasteiger partial charge in [0.1, 0.15) is 5.75 Å². The zero-order valence-corrected chi connectivity index (χ0v) is 11.5. The van der Waals surface area contributed by atoms with Crippen molar-refractivity contribution in [3.8, 4) is 5.75 Å². The Morgan fingerprint density at radius 2 is 1.95 bits per heavy atom. The van der Waals surface area contributed by atoms with Crippen molar-refractivity contribution in [3.05, 3.63) is 58.1 Å². The molecule has 2 aromatic carbocycles. The van der Waals surface area contributed by atoms with Crippen LogP contribution >= 0.6 is 11.6 Å². The first-order valence-corrected chi connectivity index (χ1v) is 6.15. The van der Waals surface area contributed by atoms with E-state index in [0.717, 1.165) is 5.56 Å². The molecule has 0 aromatic heterocycles. The molecule has 19 heavy (non-hydrogen) atoms. The van der Waals surface area contributed by atoms with Gasteiger partial charge < -0.3 is 10.5 Å². The number of ketones is 1. The van der Waals surface area contributed by atoms with E-state index in [0.29, 0.717) is 21.9 Å². The number of halogens is 1. The standard InChI is InChI=1S/C15H14ClNO2/c1-9-6-7-13(19-2)11(8-9)15(18)10-4-3-5-12(16)14(10)17/h3-8H,17H2,1-2H3. The fourth-order valence-corrected chi connectivity index (χ4v) is 2.05. The number of ether oxygens (including phenoxy) is 1. The van der Waals surface area contributed by atoms with E-state index in [4.69, 9.17) is 22.1 Å². The van der Waals surface area contributed by atoms with Crippen LogP contribution in [0.3, 0.4) is 0 Å². The van der Waals surface area contributed by atoms with Crippen LogP contribution in [-0.2, 0) is 0 Å². The molecule has 2 aromatic rings. The highest BCUT2D eigenvalue weighted by Gasteiger charge is 2.18. The summed E-state index contributed by atoms with van der Waals surface area (Å²) >= 11 is 5.94. The second kappa shape index (κ2) is 5.33. The quantitative estimate of drug-likeness (QED) is 0.689. The van der Waals surface area contributed by atoms with Gasteiger partial charge in [-0.2, -0.15) is 0 Å². The molecule has 0 radical (unpaired) electrons. The van der Waals surface area contributed by atoms with Crippen molar-refractivity contribution in [2.24, 2.45) is 0 Å². The van der Waals surface area contributed by atoms with Gasteiger partial charge in [0.25, 0.3) is 0 Å². The number of carbonyl (C=O) groups is 1. The number of rotatable bonds is 3. The van der Waals surface area contributed by atoms with E-state index in [-0.39, 0.29) is 11.5 Å². The highest BCUT2D eigenvalue weighted by Crippen LogP contribution is 2.28. The van der Waals surface area contributed by atoms with Gasteiger partial charge in [-0.3, -0.25) is 4.79 Å². The zero-order chi connectivity index (χ0) is 14.0. The van der Waals surface area contributed by atoms with E-state index in [1.54, 1.807) is 30.3 Å². The minimum atomic E-state index is -0.194. The van der Waals surface area contributed by atoms with E-state index < -0.39 is 0 Å². The van der Waals surface area contributed by atoms with Crippen LogP contribution in [0.15, 0.2) is 36.4 Å². The molecule has 0 heterocycles. The third-order valence-corrected chi connectivity index (χ3v) is 3.23. The lowest BCUT2D eigenvalue weighted by Gasteiger charge is -2.10. The van der Waals surface area contributed by atoms with E-state index in [9.17, 15) is 4.79 Å². The predicted molar refractivity (Wildman–Crippen MR) is 77.0 cm³/mol. The molecule has 2 N–H and O–H groups in total. The zero-order valence-electron chi connectivity index (χ0n) is 10.7. The second-order valence-electron chi connectivity index (χ2n) is 4.23.